The molecular weight excluding hydrogens is 244 g/mol. The summed E-state index contributed by atoms with van der Waals surface area (Å²) in [6.07, 6.45) is 0. The Labute approximate surface area is 102 Å². The van der Waals surface area contributed by atoms with Crippen LogP contribution in [0, 0.1) is 6.92 Å². The maximum Gasteiger partial charge on any atom is 0.325 e. The molecule has 0 spiro atoms. The molecule has 0 aliphatic heterocycles. The molecule has 0 aliphatic rings. The zero-order chi connectivity index (χ0) is 12.4. The van der Waals surface area contributed by atoms with E-state index in [0.717, 1.165) is 5.56 Å². The highest BCUT2D eigenvalue weighted by Crippen LogP contribution is 2.22. The van der Waals surface area contributed by atoms with Crippen molar-refractivity contribution in [3.63, 3.8) is 0 Å². The first-order chi connectivity index (χ1) is 8.06. The van der Waals surface area contributed by atoms with Crippen LogP contribution >= 0.6 is 11.6 Å². The molecule has 6 nitrogen and oxygen atoms in total. The van der Waals surface area contributed by atoms with Crippen LogP contribution in [0.3, 0.4) is 0 Å². The van der Waals surface area contributed by atoms with E-state index in [1.165, 1.54) is 4.68 Å². The van der Waals surface area contributed by atoms with Gasteiger partial charge in [-0.05, 0) is 41.1 Å². The standard InChI is InChI=1S/C10H9ClN4O2/c1-6-2-7(4-8(11)3-6)10-12-13-14-15(10)5-9(16)17/h2-4H,5H2,1H3,(H,16,17). The number of carbonyl (C=O) groups is 1. The summed E-state index contributed by atoms with van der Waals surface area (Å²) in [6.45, 7) is 1.61. The highest BCUT2D eigenvalue weighted by molar-refractivity contribution is 6.30. The number of benzene rings is 1. The van der Waals surface area contributed by atoms with Crippen LogP contribution in [0.15, 0.2) is 18.2 Å². The Morgan fingerprint density at radius 3 is 2.88 bits per heavy atom. The molecule has 0 saturated heterocycles. The number of aliphatic carboxylic acids is 1. The maximum atomic E-state index is 10.6. The fourth-order valence-electron chi connectivity index (χ4n) is 1.51. The van der Waals surface area contributed by atoms with Crippen molar-refractivity contribution in [3.8, 4) is 11.4 Å². The molecule has 88 valence electrons. The van der Waals surface area contributed by atoms with E-state index in [-0.39, 0.29) is 6.54 Å². The van der Waals surface area contributed by atoms with Gasteiger partial charge in [-0.15, -0.1) is 5.10 Å². The minimum Gasteiger partial charge on any atom is -0.480 e. The molecule has 0 amide bonds. The molecule has 1 heterocycles. The molecule has 0 saturated carbocycles. The Kier molecular flexibility index (Phi) is 3.06. The molecule has 1 aromatic carbocycles. The Balaban J connectivity index is 2.45. The van der Waals surface area contributed by atoms with Crippen molar-refractivity contribution < 1.29 is 9.90 Å². The van der Waals surface area contributed by atoms with Gasteiger partial charge >= 0.3 is 5.97 Å². The molecule has 7 heteroatoms. The van der Waals surface area contributed by atoms with Gasteiger partial charge in [0.15, 0.2) is 5.82 Å². The monoisotopic (exact) mass is 252 g/mol. The Hall–Kier alpha value is -1.95. The van der Waals surface area contributed by atoms with E-state index in [2.05, 4.69) is 15.5 Å². The third-order valence-corrected chi connectivity index (χ3v) is 2.34. The van der Waals surface area contributed by atoms with Crippen molar-refractivity contribution in [2.45, 2.75) is 13.5 Å². The summed E-state index contributed by atoms with van der Waals surface area (Å²) in [6, 6.07) is 5.34. The molecule has 1 aromatic heterocycles. The lowest BCUT2D eigenvalue weighted by Gasteiger charge is -2.03. The lowest BCUT2D eigenvalue weighted by atomic mass is 10.1. The summed E-state index contributed by atoms with van der Waals surface area (Å²) in [5, 5.41) is 20.2. The number of hydrogen-bond donors (Lipinski definition) is 1. The van der Waals surface area contributed by atoms with E-state index in [1.54, 1.807) is 12.1 Å². The molecule has 0 unspecified atom stereocenters. The van der Waals surface area contributed by atoms with Crippen LogP contribution in [-0.2, 0) is 11.3 Å². The summed E-state index contributed by atoms with van der Waals surface area (Å²) in [4.78, 5) is 10.6. The topological polar surface area (TPSA) is 80.9 Å². The van der Waals surface area contributed by atoms with Crippen LogP contribution in [0.2, 0.25) is 5.02 Å². The lowest BCUT2D eigenvalue weighted by molar-refractivity contribution is -0.137. The molecule has 1 N–H and O–H groups in total. The quantitative estimate of drug-likeness (QED) is 0.893. The average molecular weight is 253 g/mol. The van der Waals surface area contributed by atoms with Gasteiger partial charge in [-0.25, -0.2) is 4.68 Å². The second kappa shape index (κ2) is 4.50. The Morgan fingerprint density at radius 1 is 1.47 bits per heavy atom. The highest BCUT2D eigenvalue weighted by atomic mass is 35.5. The van der Waals surface area contributed by atoms with Crippen LogP contribution in [0.1, 0.15) is 5.56 Å². The SMILES string of the molecule is Cc1cc(Cl)cc(-c2nnnn2CC(=O)O)c1. The van der Waals surface area contributed by atoms with Crippen molar-refractivity contribution in [1.29, 1.82) is 0 Å². The molecule has 0 aliphatic carbocycles. The summed E-state index contributed by atoms with van der Waals surface area (Å²) >= 11 is 5.93. The minimum atomic E-state index is -1.00. The van der Waals surface area contributed by atoms with E-state index in [4.69, 9.17) is 16.7 Å². The maximum absolute atomic E-state index is 10.6. The molecule has 2 rings (SSSR count). The number of nitrogens with zero attached hydrogens (tertiary/aromatic N) is 4. The Morgan fingerprint density at radius 2 is 2.24 bits per heavy atom. The molecular formula is C10H9ClN4O2. The largest absolute Gasteiger partial charge is 0.480 e. The second-order valence-electron chi connectivity index (χ2n) is 3.57. The predicted octanol–water partition coefficient (Wildman–Crippen LogP) is 1.39. The van der Waals surface area contributed by atoms with E-state index >= 15 is 0 Å². The van der Waals surface area contributed by atoms with Crippen LogP contribution < -0.4 is 0 Å². The number of tetrazole rings is 1. The van der Waals surface area contributed by atoms with Crippen molar-refractivity contribution >= 4 is 17.6 Å². The van der Waals surface area contributed by atoms with E-state index < -0.39 is 5.97 Å². The van der Waals surface area contributed by atoms with Gasteiger partial charge < -0.3 is 5.11 Å². The second-order valence-corrected chi connectivity index (χ2v) is 4.01. The van der Waals surface area contributed by atoms with Crippen molar-refractivity contribution in [2.24, 2.45) is 0 Å². The van der Waals surface area contributed by atoms with Gasteiger partial charge in [-0.2, -0.15) is 0 Å². The number of carboxylic acids is 1. The summed E-state index contributed by atoms with van der Waals surface area (Å²) < 4.78 is 1.22. The van der Waals surface area contributed by atoms with Gasteiger partial charge in [0, 0.05) is 10.6 Å². The molecule has 0 bridgehead atoms. The fourth-order valence-corrected chi connectivity index (χ4v) is 1.80. The third kappa shape index (κ3) is 2.59. The zero-order valence-electron chi connectivity index (χ0n) is 8.96. The van der Waals surface area contributed by atoms with Crippen LogP contribution in [0.5, 0.6) is 0 Å². The van der Waals surface area contributed by atoms with E-state index in [1.807, 2.05) is 13.0 Å². The van der Waals surface area contributed by atoms with E-state index in [9.17, 15) is 4.79 Å². The van der Waals surface area contributed by atoms with Gasteiger partial charge in [0.2, 0.25) is 0 Å². The number of hydrogen-bond acceptors (Lipinski definition) is 4. The zero-order valence-corrected chi connectivity index (χ0v) is 9.72. The first-order valence-corrected chi connectivity index (χ1v) is 5.19. The molecule has 0 radical (unpaired) electrons. The highest BCUT2D eigenvalue weighted by Gasteiger charge is 2.12. The van der Waals surface area contributed by atoms with Crippen LogP contribution in [0.4, 0.5) is 0 Å². The molecule has 17 heavy (non-hydrogen) atoms. The van der Waals surface area contributed by atoms with Crippen molar-refractivity contribution in [3.05, 3.63) is 28.8 Å². The number of aromatic nitrogens is 4. The smallest absolute Gasteiger partial charge is 0.325 e. The minimum absolute atomic E-state index is 0.284. The lowest BCUT2D eigenvalue weighted by Crippen LogP contribution is -2.11. The van der Waals surface area contributed by atoms with Gasteiger partial charge in [0.1, 0.15) is 6.54 Å². The average Bonchev–Trinajstić information content (AvgIpc) is 2.63. The number of halogens is 1. The number of aryl methyl sites for hydroxylation is 1. The third-order valence-electron chi connectivity index (χ3n) is 2.12. The first kappa shape index (κ1) is 11.5. The van der Waals surface area contributed by atoms with Gasteiger partial charge in [-0.3, -0.25) is 4.79 Å². The fraction of sp³-hybridized carbons (Fsp3) is 0.200. The predicted molar refractivity (Wildman–Crippen MR) is 60.6 cm³/mol. The summed E-state index contributed by atoms with van der Waals surface area (Å²) in [7, 11) is 0. The van der Waals surface area contributed by atoms with Crippen LogP contribution in [0.25, 0.3) is 11.4 Å². The molecule has 0 atom stereocenters. The van der Waals surface area contributed by atoms with Crippen LogP contribution in [-0.4, -0.2) is 31.3 Å². The van der Waals surface area contributed by atoms with Crippen molar-refractivity contribution in [2.75, 3.05) is 0 Å². The van der Waals surface area contributed by atoms with Gasteiger partial charge in [0.05, 0.1) is 0 Å². The number of rotatable bonds is 3. The Bertz CT molecular complexity index is 547. The first-order valence-electron chi connectivity index (χ1n) is 4.82. The van der Waals surface area contributed by atoms with Gasteiger partial charge in [-0.1, -0.05) is 11.6 Å². The van der Waals surface area contributed by atoms with Crippen molar-refractivity contribution in [1.82, 2.24) is 20.2 Å². The normalized spacial score (nSPS) is 10.5. The van der Waals surface area contributed by atoms with Gasteiger partial charge in [0.25, 0.3) is 0 Å². The molecule has 0 fully saturated rings. The summed E-state index contributed by atoms with van der Waals surface area (Å²) in [5.41, 5.74) is 1.65. The number of carboxylic acid groups (broad SMARTS) is 1. The molecule has 2 aromatic rings. The van der Waals surface area contributed by atoms with E-state index in [0.29, 0.717) is 16.4 Å². The summed E-state index contributed by atoms with van der Waals surface area (Å²) in [5.74, 6) is -0.615.